The average molecular weight is 401 g/mol. The number of hydrogen-bond donors (Lipinski definition) is 2. The molecule has 0 fully saturated rings. The van der Waals surface area contributed by atoms with E-state index in [0.717, 1.165) is 40.8 Å². The van der Waals surface area contributed by atoms with Gasteiger partial charge in [-0.05, 0) is 67.9 Å². The number of aryl methyl sites for hydroxylation is 2. The van der Waals surface area contributed by atoms with E-state index >= 15 is 0 Å². The molecule has 0 saturated carbocycles. The molecule has 1 aliphatic carbocycles. The van der Waals surface area contributed by atoms with Crippen molar-refractivity contribution in [2.45, 2.75) is 40.0 Å². The maximum absolute atomic E-state index is 12.3. The Morgan fingerprint density at radius 3 is 2.68 bits per heavy atom. The molecule has 1 aromatic heterocycles. The largest absolute Gasteiger partial charge is 0.452 e. The average Bonchev–Trinajstić information content (AvgIpc) is 2.98. The standard InChI is InChI=1S/C21H24N2O4S/c1-11-4-7-15-16(8-11)28-20(18(15)19(22)25)23-17(24)10-27-21(26)14-6-5-12(2)13(3)9-14/h5-6,9,11H,4,7-8,10H2,1-3H3,(H2,22,25)(H,23,24)/t11-/m0/s1. The number of nitrogens with one attached hydrogen (secondary N) is 1. The molecule has 0 aliphatic heterocycles. The van der Waals surface area contributed by atoms with Gasteiger partial charge in [0, 0.05) is 4.88 Å². The number of primary amides is 1. The molecule has 1 aliphatic rings. The maximum atomic E-state index is 12.3. The lowest BCUT2D eigenvalue weighted by Gasteiger charge is -2.18. The molecule has 148 valence electrons. The van der Waals surface area contributed by atoms with Gasteiger partial charge in [-0.2, -0.15) is 0 Å². The van der Waals surface area contributed by atoms with Gasteiger partial charge in [-0.25, -0.2) is 4.79 Å². The lowest BCUT2D eigenvalue weighted by atomic mass is 9.88. The summed E-state index contributed by atoms with van der Waals surface area (Å²) in [5, 5.41) is 3.14. The minimum Gasteiger partial charge on any atom is -0.452 e. The molecule has 0 unspecified atom stereocenters. The molecule has 6 nitrogen and oxygen atoms in total. The van der Waals surface area contributed by atoms with Crippen LogP contribution in [-0.2, 0) is 22.4 Å². The minimum absolute atomic E-state index is 0.390. The fourth-order valence-corrected chi connectivity index (χ4v) is 4.78. The third kappa shape index (κ3) is 4.25. The molecular weight excluding hydrogens is 376 g/mol. The Morgan fingerprint density at radius 1 is 1.25 bits per heavy atom. The first-order chi connectivity index (χ1) is 13.3. The van der Waals surface area contributed by atoms with E-state index in [0.29, 0.717) is 22.0 Å². The van der Waals surface area contributed by atoms with E-state index in [-0.39, 0.29) is 0 Å². The highest BCUT2D eigenvalue weighted by Gasteiger charge is 2.27. The number of ether oxygens (including phenoxy) is 1. The lowest BCUT2D eigenvalue weighted by molar-refractivity contribution is -0.119. The molecular formula is C21H24N2O4S. The van der Waals surface area contributed by atoms with Gasteiger partial charge >= 0.3 is 5.97 Å². The molecule has 0 radical (unpaired) electrons. The first kappa shape index (κ1) is 20.1. The fourth-order valence-electron chi connectivity index (χ4n) is 3.35. The van der Waals surface area contributed by atoms with Gasteiger partial charge in [0.25, 0.3) is 11.8 Å². The summed E-state index contributed by atoms with van der Waals surface area (Å²) in [6, 6.07) is 5.24. The van der Waals surface area contributed by atoms with E-state index in [2.05, 4.69) is 12.2 Å². The smallest absolute Gasteiger partial charge is 0.338 e. The van der Waals surface area contributed by atoms with Crippen LogP contribution < -0.4 is 11.1 Å². The molecule has 3 rings (SSSR count). The summed E-state index contributed by atoms with van der Waals surface area (Å²) in [6.07, 6.45) is 2.64. The third-order valence-electron chi connectivity index (χ3n) is 5.09. The highest BCUT2D eigenvalue weighted by atomic mass is 32.1. The van der Waals surface area contributed by atoms with Crippen molar-refractivity contribution in [1.82, 2.24) is 0 Å². The monoisotopic (exact) mass is 400 g/mol. The predicted octanol–water partition coefficient (Wildman–Crippen LogP) is 3.38. The van der Waals surface area contributed by atoms with Gasteiger partial charge in [-0.1, -0.05) is 13.0 Å². The number of thiophene rings is 1. The van der Waals surface area contributed by atoms with Crippen molar-refractivity contribution in [1.29, 1.82) is 0 Å². The van der Waals surface area contributed by atoms with Gasteiger partial charge < -0.3 is 15.8 Å². The van der Waals surface area contributed by atoms with E-state index < -0.39 is 24.4 Å². The Labute approximate surface area is 168 Å². The third-order valence-corrected chi connectivity index (χ3v) is 6.26. The Balaban J connectivity index is 1.67. The van der Waals surface area contributed by atoms with Crippen molar-refractivity contribution < 1.29 is 19.1 Å². The van der Waals surface area contributed by atoms with Gasteiger partial charge in [0.1, 0.15) is 5.00 Å². The summed E-state index contributed by atoms with van der Waals surface area (Å²) in [5.41, 5.74) is 9.33. The highest BCUT2D eigenvalue weighted by Crippen LogP contribution is 2.39. The molecule has 7 heteroatoms. The second kappa shape index (κ2) is 8.14. The number of benzene rings is 1. The van der Waals surface area contributed by atoms with E-state index in [9.17, 15) is 14.4 Å². The van der Waals surface area contributed by atoms with Crippen molar-refractivity contribution in [3.8, 4) is 0 Å². The summed E-state index contributed by atoms with van der Waals surface area (Å²) >= 11 is 1.38. The summed E-state index contributed by atoms with van der Waals surface area (Å²) < 4.78 is 5.11. The van der Waals surface area contributed by atoms with Crippen LogP contribution in [0.5, 0.6) is 0 Å². The van der Waals surface area contributed by atoms with Crippen LogP contribution in [0.4, 0.5) is 5.00 Å². The van der Waals surface area contributed by atoms with Crippen molar-refractivity contribution >= 4 is 34.1 Å². The number of hydrogen-bond acceptors (Lipinski definition) is 5. The van der Waals surface area contributed by atoms with E-state index in [1.165, 1.54) is 11.3 Å². The Hall–Kier alpha value is -2.67. The molecule has 28 heavy (non-hydrogen) atoms. The van der Waals surface area contributed by atoms with Crippen molar-refractivity contribution in [3.63, 3.8) is 0 Å². The molecule has 3 N–H and O–H groups in total. The summed E-state index contributed by atoms with van der Waals surface area (Å²) in [7, 11) is 0. The molecule has 1 atom stereocenters. The van der Waals surface area contributed by atoms with Gasteiger partial charge in [-0.15, -0.1) is 11.3 Å². The first-order valence-corrected chi connectivity index (χ1v) is 10.1. The highest BCUT2D eigenvalue weighted by molar-refractivity contribution is 7.17. The molecule has 0 saturated heterocycles. The van der Waals surface area contributed by atoms with E-state index in [1.807, 2.05) is 19.9 Å². The van der Waals surface area contributed by atoms with Gasteiger partial charge in [0.15, 0.2) is 6.61 Å². The summed E-state index contributed by atoms with van der Waals surface area (Å²) in [6.45, 7) is 5.60. The van der Waals surface area contributed by atoms with Crippen LogP contribution in [0.2, 0.25) is 0 Å². The molecule has 2 aromatic rings. The maximum Gasteiger partial charge on any atom is 0.338 e. The number of rotatable bonds is 5. The second-order valence-corrected chi connectivity index (χ2v) is 8.45. The van der Waals surface area contributed by atoms with Crippen molar-refractivity contribution in [3.05, 3.63) is 50.9 Å². The van der Waals surface area contributed by atoms with Gasteiger partial charge in [0.2, 0.25) is 0 Å². The van der Waals surface area contributed by atoms with Gasteiger partial charge in [0.05, 0.1) is 11.1 Å². The first-order valence-electron chi connectivity index (χ1n) is 9.24. The van der Waals surface area contributed by atoms with Crippen LogP contribution in [-0.4, -0.2) is 24.4 Å². The van der Waals surface area contributed by atoms with Crippen LogP contribution in [0.1, 0.15) is 55.6 Å². The van der Waals surface area contributed by atoms with Crippen LogP contribution in [0.25, 0.3) is 0 Å². The van der Waals surface area contributed by atoms with E-state index in [4.69, 9.17) is 10.5 Å². The number of nitrogens with two attached hydrogens (primary N) is 1. The zero-order valence-electron chi connectivity index (χ0n) is 16.3. The van der Waals surface area contributed by atoms with Crippen molar-refractivity contribution in [2.75, 3.05) is 11.9 Å². The molecule has 2 amide bonds. The van der Waals surface area contributed by atoms with Gasteiger partial charge in [-0.3, -0.25) is 9.59 Å². The topological polar surface area (TPSA) is 98.5 Å². The van der Waals surface area contributed by atoms with Crippen LogP contribution in [0.3, 0.4) is 0 Å². The number of esters is 1. The normalized spacial score (nSPS) is 15.6. The summed E-state index contributed by atoms with van der Waals surface area (Å²) in [4.78, 5) is 37.5. The predicted molar refractivity (Wildman–Crippen MR) is 109 cm³/mol. The molecule has 0 bridgehead atoms. The molecule has 1 heterocycles. The van der Waals surface area contributed by atoms with Crippen LogP contribution in [0, 0.1) is 19.8 Å². The Kier molecular flexibility index (Phi) is 5.84. The SMILES string of the molecule is Cc1ccc(C(=O)OCC(=O)Nc2sc3c(c2C(N)=O)CC[C@H](C)C3)cc1C. The quantitative estimate of drug-likeness (QED) is 0.752. The Morgan fingerprint density at radius 2 is 2.00 bits per heavy atom. The number of fused-ring (bicyclic) bond motifs is 1. The number of anilines is 1. The fraction of sp³-hybridized carbons (Fsp3) is 0.381. The number of carbonyl (C=O) groups excluding carboxylic acids is 3. The number of carbonyl (C=O) groups is 3. The molecule has 0 spiro atoms. The lowest BCUT2D eigenvalue weighted by Crippen LogP contribution is -2.23. The van der Waals surface area contributed by atoms with Crippen LogP contribution >= 0.6 is 11.3 Å². The molecule has 1 aromatic carbocycles. The second-order valence-electron chi connectivity index (χ2n) is 7.34. The minimum atomic E-state index is -0.562. The number of amides is 2. The zero-order chi connectivity index (χ0) is 20.4. The van der Waals surface area contributed by atoms with E-state index in [1.54, 1.807) is 12.1 Å². The van der Waals surface area contributed by atoms with Crippen molar-refractivity contribution in [2.24, 2.45) is 11.7 Å². The Bertz CT molecular complexity index is 948. The summed E-state index contributed by atoms with van der Waals surface area (Å²) in [5.74, 6) is -1.07. The van der Waals surface area contributed by atoms with Crippen LogP contribution in [0.15, 0.2) is 18.2 Å². The zero-order valence-corrected chi connectivity index (χ0v) is 17.1.